The number of methoxy groups -OCH3 is 4. The number of allylic oxidation sites excluding steroid dienone is 2. The minimum Gasteiger partial charge on any atom is -0.493 e. The van der Waals surface area contributed by atoms with Crippen LogP contribution < -0.4 is 30.0 Å². The third-order valence-corrected chi connectivity index (χ3v) is 6.54. The first kappa shape index (κ1) is 22.6. The molecule has 0 saturated carbocycles. The van der Waals surface area contributed by atoms with Crippen LogP contribution in [0, 0.1) is 0 Å². The van der Waals surface area contributed by atoms with E-state index in [1.54, 1.807) is 33.1 Å². The van der Waals surface area contributed by atoms with Crippen molar-refractivity contribution < 1.29 is 23.7 Å². The number of aromatic nitrogens is 3. The van der Waals surface area contributed by atoms with E-state index in [9.17, 15) is 4.79 Å². The standard InChI is InChI=1S/C25H27N5O5/c1-32-18-9-8-13(12-20(18)34-3)14-10-16-21(17(31)11-14)22(30-25(27-16)28-24(26)29-30)15-6-5-7-19(33-2)23(15)35-4/h5-9,12,14,22H,10-11H2,1-4H3,(H3,26,27,28,29)/t14-,22-/m1/s1. The molecule has 2 heterocycles. The number of nitrogens with two attached hydrogens (primary N) is 1. The van der Waals surface area contributed by atoms with Gasteiger partial charge in [-0.25, -0.2) is 4.68 Å². The van der Waals surface area contributed by atoms with Crippen LogP contribution in [0.25, 0.3) is 0 Å². The van der Waals surface area contributed by atoms with Crippen molar-refractivity contribution in [2.45, 2.75) is 24.8 Å². The number of nitrogen functional groups attached to an aromatic ring is 1. The molecule has 0 unspecified atom stereocenters. The zero-order valence-electron chi connectivity index (χ0n) is 20.0. The second-order valence-electron chi connectivity index (χ2n) is 8.38. The topological polar surface area (TPSA) is 123 Å². The molecule has 1 aromatic heterocycles. The van der Waals surface area contributed by atoms with Gasteiger partial charge in [-0.05, 0) is 36.1 Å². The maximum absolute atomic E-state index is 13.7. The van der Waals surface area contributed by atoms with Crippen molar-refractivity contribution in [1.29, 1.82) is 0 Å². The summed E-state index contributed by atoms with van der Waals surface area (Å²) in [4.78, 5) is 18.1. The molecule has 0 saturated heterocycles. The maximum atomic E-state index is 13.7. The van der Waals surface area contributed by atoms with Crippen molar-refractivity contribution in [3.63, 3.8) is 0 Å². The molecule has 2 aliphatic rings. The number of benzene rings is 2. The Bertz CT molecular complexity index is 1330. The average molecular weight is 478 g/mol. The molecule has 182 valence electrons. The van der Waals surface area contributed by atoms with E-state index in [1.165, 1.54) is 0 Å². The molecule has 35 heavy (non-hydrogen) atoms. The van der Waals surface area contributed by atoms with Crippen LogP contribution >= 0.6 is 0 Å². The molecule has 3 aromatic rings. The third kappa shape index (κ3) is 3.71. The van der Waals surface area contributed by atoms with E-state index in [-0.39, 0.29) is 17.6 Å². The molecule has 1 aliphatic carbocycles. The smallest absolute Gasteiger partial charge is 0.241 e. The van der Waals surface area contributed by atoms with Gasteiger partial charge in [0.25, 0.3) is 0 Å². The second kappa shape index (κ2) is 8.86. The van der Waals surface area contributed by atoms with Crippen LogP contribution in [0.1, 0.15) is 35.9 Å². The van der Waals surface area contributed by atoms with Crippen LogP contribution in [0.15, 0.2) is 47.7 Å². The van der Waals surface area contributed by atoms with Gasteiger partial charge in [0, 0.05) is 23.3 Å². The number of carbonyl (C=O) groups excluding carboxylic acids is 1. The Hall–Kier alpha value is -4.21. The molecule has 0 fully saturated rings. The first-order chi connectivity index (χ1) is 17.0. The van der Waals surface area contributed by atoms with Gasteiger partial charge in [0.15, 0.2) is 28.8 Å². The van der Waals surface area contributed by atoms with E-state index in [2.05, 4.69) is 15.4 Å². The number of rotatable bonds is 6. The summed E-state index contributed by atoms with van der Waals surface area (Å²) in [5, 5.41) is 7.70. The van der Waals surface area contributed by atoms with Gasteiger partial charge >= 0.3 is 0 Å². The number of para-hydroxylation sites is 1. The molecule has 0 bridgehead atoms. The molecule has 3 N–H and O–H groups in total. The van der Waals surface area contributed by atoms with Gasteiger partial charge in [0.05, 0.1) is 28.4 Å². The number of anilines is 2. The van der Waals surface area contributed by atoms with Gasteiger partial charge in [-0.15, -0.1) is 5.10 Å². The van der Waals surface area contributed by atoms with Crippen molar-refractivity contribution in [2.24, 2.45) is 0 Å². The Kier molecular flexibility index (Phi) is 5.72. The molecule has 0 radical (unpaired) electrons. The normalized spacial score (nSPS) is 18.9. The Morgan fingerprint density at radius 1 is 0.971 bits per heavy atom. The minimum atomic E-state index is -0.560. The van der Waals surface area contributed by atoms with Gasteiger partial charge in [-0.2, -0.15) is 4.98 Å². The maximum Gasteiger partial charge on any atom is 0.241 e. The van der Waals surface area contributed by atoms with Crippen LogP contribution in [-0.2, 0) is 4.79 Å². The zero-order chi connectivity index (χ0) is 24.7. The van der Waals surface area contributed by atoms with Crippen LogP contribution in [0.2, 0.25) is 0 Å². The summed E-state index contributed by atoms with van der Waals surface area (Å²) in [6, 6.07) is 10.8. The Labute approximate surface area is 202 Å². The van der Waals surface area contributed by atoms with E-state index >= 15 is 0 Å². The highest BCUT2D eigenvalue weighted by atomic mass is 16.5. The molecule has 0 amide bonds. The van der Waals surface area contributed by atoms with Crippen molar-refractivity contribution >= 4 is 17.7 Å². The molecule has 2 atom stereocenters. The van der Waals surface area contributed by atoms with Crippen molar-refractivity contribution in [2.75, 3.05) is 39.5 Å². The van der Waals surface area contributed by atoms with E-state index < -0.39 is 6.04 Å². The first-order valence-electron chi connectivity index (χ1n) is 11.2. The number of ketones is 1. The highest BCUT2D eigenvalue weighted by Crippen LogP contribution is 2.48. The quantitative estimate of drug-likeness (QED) is 0.550. The van der Waals surface area contributed by atoms with Gasteiger partial charge in [0.2, 0.25) is 11.9 Å². The van der Waals surface area contributed by atoms with Crippen LogP contribution in [-0.4, -0.2) is 49.0 Å². The minimum absolute atomic E-state index is 0.00753. The largest absolute Gasteiger partial charge is 0.493 e. The highest BCUT2D eigenvalue weighted by Gasteiger charge is 2.41. The van der Waals surface area contributed by atoms with E-state index in [0.717, 1.165) is 16.8 Å². The fraction of sp³-hybridized carbons (Fsp3) is 0.320. The lowest BCUT2D eigenvalue weighted by molar-refractivity contribution is -0.116. The number of nitrogens with one attached hydrogen (secondary N) is 1. The summed E-state index contributed by atoms with van der Waals surface area (Å²) in [6.07, 6.45) is 0.935. The fourth-order valence-electron chi connectivity index (χ4n) is 4.99. The molecule has 5 rings (SSSR count). The van der Waals surface area contributed by atoms with Gasteiger partial charge in [0.1, 0.15) is 6.04 Å². The molecule has 2 aromatic carbocycles. The lowest BCUT2D eigenvalue weighted by Crippen LogP contribution is -2.33. The Morgan fingerprint density at radius 3 is 2.46 bits per heavy atom. The van der Waals surface area contributed by atoms with E-state index in [0.29, 0.717) is 47.4 Å². The van der Waals surface area contributed by atoms with Crippen LogP contribution in [0.5, 0.6) is 23.0 Å². The summed E-state index contributed by atoms with van der Waals surface area (Å²) in [5.74, 6) is 2.90. The molecule has 1 aliphatic heterocycles. The predicted molar refractivity (Wildman–Crippen MR) is 129 cm³/mol. The van der Waals surface area contributed by atoms with Crippen LogP contribution in [0.4, 0.5) is 11.9 Å². The number of hydrogen-bond donors (Lipinski definition) is 2. The zero-order valence-corrected chi connectivity index (χ0v) is 20.0. The number of carbonyl (C=O) groups is 1. The molecular weight excluding hydrogens is 450 g/mol. The lowest BCUT2D eigenvalue weighted by Gasteiger charge is -2.35. The van der Waals surface area contributed by atoms with Crippen LogP contribution in [0.3, 0.4) is 0 Å². The molecular formula is C25H27N5O5. The average Bonchev–Trinajstić information content (AvgIpc) is 3.25. The first-order valence-corrected chi connectivity index (χ1v) is 11.2. The van der Waals surface area contributed by atoms with Gasteiger partial charge < -0.3 is 30.0 Å². The summed E-state index contributed by atoms with van der Waals surface area (Å²) in [5.41, 5.74) is 9.10. The number of hydrogen-bond acceptors (Lipinski definition) is 9. The molecule has 0 spiro atoms. The monoisotopic (exact) mass is 477 g/mol. The van der Waals surface area contributed by atoms with Crippen molar-refractivity contribution in [3.8, 4) is 23.0 Å². The summed E-state index contributed by atoms with van der Waals surface area (Å²) >= 11 is 0. The lowest BCUT2D eigenvalue weighted by atomic mass is 9.77. The summed E-state index contributed by atoms with van der Waals surface area (Å²) < 4.78 is 23.7. The molecule has 10 nitrogen and oxygen atoms in total. The van der Waals surface area contributed by atoms with E-state index in [4.69, 9.17) is 24.7 Å². The van der Waals surface area contributed by atoms with E-state index in [1.807, 2.05) is 36.4 Å². The fourth-order valence-corrected chi connectivity index (χ4v) is 4.99. The highest BCUT2D eigenvalue weighted by molar-refractivity contribution is 6.00. The summed E-state index contributed by atoms with van der Waals surface area (Å²) in [6.45, 7) is 0. The van der Waals surface area contributed by atoms with Gasteiger partial charge in [-0.1, -0.05) is 18.2 Å². The van der Waals surface area contributed by atoms with Gasteiger partial charge in [-0.3, -0.25) is 4.79 Å². The number of ether oxygens (including phenoxy) is 4. The Balaban J connectivity index is 1.62. The third-order valence-electron chi connectivity index (χ3n) is 6.54. The second-order valence-corrected chi connectivity index (χ2v) is 8.38. The number of fused-ring (bicyclic) bond motifs is 1. The summed E-state index contributed by atoms with van der Waals surface area (Å²) in [7, 11) is 6.34. The van der Waals surface area contributed by atoms with Crippen molar-refractivity contribution in [3.05, 3.63) is 58.8 Å². The predicted octanol–water partition coefficient (Wildman–Crippen LogP) is 3.31. The van der Waals surface area contributed by atoms with Crippen molar-refractivity contribution in [1.82, 2.24) is 14.8 Å². The molecule has 10 heteroatoms. The number of Topliss-reactive ketones (excluding diaryl/α,β-unsaturated/α-hetero) is 1. The number of nitrogens with zero attached hydrogens (tertiary/aromatic N) is 3. The Morgan fingerprint density at radius 2 is 1.74 bits per heavy atom. The SMILES string of the molecule is COc1ccc([C@H]2CC(=O)C3=C(C2)Nc2nc(N)nn2[C@@H]3c2cccc(OC)c2OC)cc1OC.